The highest BCUT2D eigenvalue weighted by atomic mass is 16.4. The SMILES string of the molecule is Cc1cc(C)n(CC(=O)[O-])n1. The molecule has 0 fully saturated rings. The Bertz CT molecular complexity index is 278. The molecule has 0 unspecified atom stereocenters. The second kappa shape index (κ2) is 2.74. The van der Waals surface area contributed by atoms with Gasteiger partial charge in [0.2, 0.25) is 0 Å². The van der Waals surface area contributed by atoms with Crippen molar-refractivity contribution in [3.8, 4) is 0 Å². The Kier molecular flexibility index (Phi) is 1.94. The van der Waals surface area contributed by atoms with Crippen LogP contribution in [0, 0.1) is 13.8 Å². The first-order chi connectivity index (χ1) is 5.09. The predicted octanol–water partition coefficient (Wildman–Crippen LogP) is -0.750. The molecule has 0 aliphatic carbocycles. The van der Waals surface area contributed by atoms with Crippen molar-refractivity contribution < 1.29 is 9.90 Å². The molecule has 1 rings (SSSR count). The molecule has 0 aliphatic rings. The third kappa shape index (κ3) is 1.80. The lowest BCUT2D eigenvalue weighted by Crippen LogP contribution is -2.28. The molecule has 0 bridgehead atoms. The van der Waals surface area contributed by atoms with Crippen LogP contribution in [0.2, 0.25) is 0 Å². The fraction of sp³-hybridized carbons (Fsp3) is 0.429. The van der Waals surface area contributed by atoms with E-state index in [1.165, 1.54) is 4.68 Å². The molecule has 0 spiro atoms. The maximum Gasteiger partial charge on any atom is 0.0807 e. The molecule has 0 aromatic carbocycles. The molecule has 4 heteroatoms. The van der Waals surface area contributed by atoms with Crippen LogP contribution in [0.5, 0.6) is 0 Å². The molecule has 11 heavy (non-hydrogen) atoms. The molecule has 0 radical (unpaired) electrons. The maximum absolute atomic E-state index is 10.2. The average Bonchev–Trinajstić information content (AvgIpc) is 2.09. The van der Waals surface area contributed by atoms with Gasteiger partial charge in [0.15, 0.2) is 0 Å². The first-order valence-corrected chi connectivity index (χ1v) is 3.30. The third-order valence-corrected chi connectivity index (χ3v) is 1.38. The number of hydrogen-bond acceptors (Lipinski definition) is 3. The molecule has 1 heterocycles. The van der Waals surface area contributed by atoms with Crippen LogP contribution < -0.4 is 5.11 Å². The van der Waals surface area contributed by atoms with Crippen molar-refractivity contribution in [3.63, 3.8) is 0 Å². The molecule has 4 nitrogen and oxygen atoms in total. The summed E-state index contributed by atoms with van der Waals surface area (Å²) in [6.07, 6.45) is 0. The van der Waals surface area contributed by atoms with Crippen LogP contribution in [0.3, 0.4) is 0 Å². The van der Waals surface area contributed by atoms with Crippen molar-refractivity contribution in [2.45, 2.75) is 20.4 Å². The second-order valence-corrected chi connectivity index (χ2v) is 2.46. The van der Waals surface area contributed by atoms with Gasteiger partial charge in [-0.05, 0) is 19.9 Å². The van der Waals surface area contributed by atoms with Crippen LogP contribution in [0.1, 0.15) is 11.4 Å². The molecule has 0 aliphatic heterocycles. The Morgan fingerprint density at radius 3 is 2.73 bits per heavy atom. The van der Waals surface area contributed by atoms with Crippen LogP contribution in [0.4, 0.5) is 0 Å². The largest absolute Gasteiger partial charge is 0.548 e. The number of nitrogens with zero attached hydrogens (tertiary/aromatic N) is 2. The zero-order valence-electron chi connectivity index (χ0n) is 6.50. The highest BCUT2D eigenvalue weighted by Gasteiger charge is 1.98. The molecule has 60 valence electrons. The Morgan fingerprint density at radius 1 is 1.73 bits per heavy atom. The van der Waals surface area contributed by atoms with Gasteiger partial charge in [-0.1, -0.05) is 0 Å². The van der Waals surface area contributed by atoms with Crippen LogP contribution in [-0.4, -0.2) is 15.7 Å². The fourth-order valence-electron chi connectivity index (χ4n) is 0.957. The van der Waals surface area contributed by atoms with Crippen LogP contribution in [0.25, 0.3) is 0 Å². The third-order valence-electron chi connectivity index (χ3n) is 1.38. The van der Waals surface area contributed by atoms with Crippen LogP contribution in [-0.2, 0) is 11.3 Å². The topological polar surface area (TPSA) is 58.0 Å². The van der Waals surface area contributed by atoms with Crippen molar-refractivity contribution in [1.82, 2.24) is 9.78 Å². The summed E-state index contributed by atoms with van der Waals surface area (Å²) in [5.41, 5.74) is 1.66. The van der Waals surface area contributed by atoms with Crippen LogP contribution in [0.15, 0.2) is 6.07 Å². The van der Waals surface area contributed by atoms with Crippen molar-refractivity contribution >= 4 is 5.97 Å². The van der Waals surface area contributed by atoms with Gasteiger partial charge in [-0.15, -0.1) is 0 Å². The van der Waals surface area contributed by atoms with Gasteiger partial charge in [0.05, 0.1) is 18.2 Å². The van der Waals surface area contributed by atoms with E-state index in [-0.39, 0.29) is 6.54 Å². The van der Waals surface area contributed by atoms with E-state index in [4.69, 9.17) is 0 Å². The van der Waals surface area contributed by atoms with E-state index in [1.54, 1.807) is 0 Å². The van der Waals surface area contributed by atoms with Gasteiger partial charge in [-0.3, -0.25) is 4.68 Å². The van der Waals surface area contributed by atoms with E-state index in [0.717, 1.165) is 11.4 Å². The number of carboxylic acids is 1. The smallest absolute Gasteiger partial charge is 0.0807 e. The minimum absolute atomic E-state index is 0.167. The average molecular weight is 153 g/mol. The summed E-state index contributed by atoms with van der Waals surface area (Å²) in [4.78, 5) is 10.2. The van der Waals surface area contributed by atoms with Gasteiger partial charge >= 0.3 is 0 Å². The van der Waals surface area contributed by atoms with Crippen molar-refractivity contribution in [2.75, 3.05) is 0 Å². The summed E-state index contributed by atoms with van der Waals surface area (Å²) < 4.78 is 1.41. The number of aromatic nitrogens is 2. The van der Waals surface area contributed by atoms with Crippen molar-refractivity contribution in [1.29, 1.82) is 0 Å². The molecule has 0 amide bonds. The number of hydrogen-bond donors (Lipinski definition) is 0. The second-order valence-electron chi connectivity index (χ2n) is 2.46. The Hall–Kier alpha value is -1.32. The predicted molar refractivity (Wildman–Crippen MR) is 36.7 cm³/mol. The van der Waals surface area contributed by atoms with Gasteiger partial charge in [0.25, 0.3) is 0 Å². The Balaban J connectivity index is 2.85. The molecule has 0 saturated carbocycles. The number of rotatable bonds is 2. The van der Waals surface area contributed by atoms with E-state index in [1.807, 2.05) is 19.9 Å². The molecule has 0 saturated heterocycles. The zero-order chi connectivity index (χ0) is 8.43. The molecule has 1 aromatic heterocycles. The quantitative estimate of drug-likeness (QED) is 0.561. The van der Waals surface area contributed by atoms with Gasteiger partial charge in [0.1, 0.15) is 0 Å². The Labute approximate surface area is 64.5 Å². The molecular weight excluding hydrogens is 144 g/mol. The summed E-state index contributed by atoms with van der Waals surface area (Å²) >= 11 is 0. The minimum atomic E-state index is -1.11. The molecule has 1 aromatic rings. The number of aliphatic carboxylic acids is 1. The first-order valence-electron chi connectivity index (χ1n) is 3.30. The van der Waals surface area contributed by atoms with E-state index in [0.29, 0.717) is 0 Å². The lowest BCUT2D eigenvalue weighted by atomic mass is 10.4. The Morgan fingerprint density at radius 2 is 2.36 bits per heavy atom. The fourth-order valence-corrected chi connectivity index (χ4v) is 0.957. The molecule has 0 N–H and O–H groups in total. The normalized spacial score (nSPS) is 10.0. The van der Waals surface area contributed by atoms with Crippen molar-refractivity contribution in [2.24, 2.45) is 0 Å². The van der Waals surface area contributed by atoms with E-state index >= 15 is 0 Å². The van der Waals surface area contributed by atoms with Crippen molar-refractivity contribution in [3.05, 3.63) is 17.5 Å². The van der Waals surface area contributed by atoms with Gasteiger partial charge in [-0.2, -0.15) is 5.10 Å². The lowest BCUT2D eigenvalue weighted by molar-refractivity contribution is -0.306. The standard InChI is InChI=1S/C7H10N2O2/c1-5-3-6(2)9(8-5)4-7(10)11/h3H,4H2,1-2H3,(H,10,11)/p-1. The van der Waals surface area contributed by atoms with E-state index in [9.17, 15) is 9.90 Å². The highest BCUT2D eigenvalue weighted by Crippen LogP contribution is 2.00. The molecule has 0 atom stereocenters. The van der Waals surface area contributed by atoms with Gasteiger partial charge in [0, 0.05) is 5.69 Å². The van der Waals surface area contributed by atoms with Gasteiger partial charge < -0.3 is 9.90 Å². The monoisotopic (exact) mass is 153 g/mol. The summed E-state index contributed by atoms with van der Waals surface area (Å²) in [6.45, 7) is 3.46. The number of carbonyl (C=O) groups excluding carboxylic acids is 1. The first kappa shape index (κ1) is 7.78. The summed E-state index contributed by atoms with van der Waals surface area (Å²) in [7, 11) is 0. The zero-order valence-corrected chi connectivity index (χ0v) is 6.50. The lowest BCUT2D eigenvalue weighted by Gasteiger charge is -2.03. The number of carboxylic acid groups (broad SMARTS) is 1. The maximum atomic E-state index is 10.2. The van der Waals surface area contributed by atoms with Crippen LogP contribution >= 0.6 is 0 Å². The van der Waals surface area contributed by atoms with E-state index < -0.39 is 5.97 Å². The van der Waals surface area contributed by atoms with Gasteiger partial charge in [-0.25, -0.2) is 0 Å². The number of carbonyl (C=O) groups is 1. The highest BCUT2D eigenvalue weighted by molar-refractivity contribution is 5.63. The summed E-state index contributed by atoms with van der Waals surface area (Å²) in [5.74, 6) is -1.11. The summed E-state index contributed by atoms with van der Waals surface area (Å²) in [5, 5.41) is 14.1. The summed E-state index contributed by atoms with van der Waals surface area (Å²) in [6, 6.07) is 1.82. The number of aryl methyl sites for hydroxylation is 2. The van der Waals surface area contributed by atoms with E-state index in [2.05, 4.69) is 5.10 Å². The molecular formula is C7H9N2O2-. The minimum Gasteiger partial charge on any atom is -0.548 e.